The van der Waals surface area contributed by atoms with Crippen LogP contribution in [0.4, 0.5) is 9.59 Å². The summed E-state index contributed by atoms with van der Waals surface area (Å²) in [6.07, 6.45) is -2.80. The van der Waals surface area contributed by atoms with Gasteiger partial charge in [0.1, 0.15) is 0 Å². The van der Waals surface area contributed by atoms with Crippen molar-refractivity contribution in [1.29, 1.82) is 0 Å². The second kappa shape index (κ2) is 9.38. The van der Waals surface area contributed by atoms with Gasteiger partial charge in [0.15, 0.2) is 0 Å². The second-order valence-corrected chi connectivity index (χ2v) is 3.91. The van der Waals surface area contributed by atoms with Crippen LogP contribution in [0, 0.1) is 0 Å². The van der Waals surface area contributed by atoms with Gasteiger partial charge in [0, 0.05) is 0 Å². The Labute approximate surface area is 117 Å². The summed E-state index contributed by atoms with van der Waals surface area (Å²) in [7, 11) is 0. The number of hydrogen-bond donors (Lipinski definition) is 0. The molecule has 0 radical (unpaired) electrons. The van der Waals surface area contributed by atoms with E-state index in [4.69, 9.17) is 28.4 Å². The van der Waals surface area contributed by atoms with Crippen LogP contribution >= 0.6 is 0 Å². The van der Waals surface area contributed by atoms with Gasteiger partial charge in [-0.2, -0.15) is 0 Å². The average molecular weight is 292 g/mol. The van der Waals surface area contributed by atoms with Crippen molar-refractivity contribution in [2.75, 3.05) is 26.4 Å². The fraction of sp³-hybridized carbons (Fsp3) is 0.833. The summed E-state index contributed by atoms with van der Waals surface area (Å²) in [5.41, 5.74) is 0. The highest BCUT2D eigenvalue weighted by atomic mass is 16.9. The summed E-state index contributed by atoms with van der Waals surface area (Å²) >= 11 is 0. The molecule has 2 unspecified atom stereocenters. The first-order valence-electron chi connectivity index (χ1n) is 6.57. The van der Waals surface area contributed by atoms with Crippen LogP contribution in [-0.2, 0) is 28.4 Å². The van der Waals surface area contributed by atoms with Crippen molar-refractivity contribution in [3.8, 4) is 0 Å². The Morgan fingerprint density at radius 3 is 1.65 bits per heavy atom. The standard InChI is InChI=1S/C12H20O8/c1-3-5-17-11(13)19-9-10(16-8-7-15-9)20-12(14)18-6-4-2/h9-10H,3-8H2,1-2H3. The zero-order chi connectivity index (χ0) is 14.8. The lowest BCUT2D eigenvalue weighted by Crippen LogP contribution is -2.44. The molecular weight excluding hydrogens is 272 g/mol. The molecule has 1 aliphatic rings. The monoisotopic (exact) mass is 292 g/mol. The average Bonchev–Trinajstić information content (AvgIpc) is 2.45. The fourth-order valence-electron chi connectivity index (χ4n) is 1.29. The molecule has 1 aliphatic heterocycles. The summed E-state index contributed by atoms with van der Waals surface area (Å²) in [6.45, 7) is 4.60. The molecule has 0 saturated carbocycles. The molecule has 0 amide bonds. The first kappa shape index (κ1) is 16.5. The van der Waals surface area contributed by atoms with Crippen molar-refractivity contribution in [2.24, 2.45) is 0 Å². The summed E-state index contributed by atoms with van der Waals surface area (Å²) in [6, 6.07) is 0. The lowest BCUT2D eigenvalue weighted by molar-refractivity contribution is -0.295. The van der Waals surface area contributed by atoms with Crippen molar-refractivity contribution in [2.45, 2.75) is 39.3 Å². The minimum absolute atomic E-state index is 0.218. The normalized spacial score (nSPS) is 21.9. The van der Waals surface area contributed by atoms with E-state index in [-0.39, 0.29) is 26.4 Å². The smallest absolute Gasteiger partial charge is 0.434 e. The van der Waals surface area contributed by atoms with E-state index < -0.39 is 24.9 Å². The Kier molecular flexibility index (Phi) is 7.74. The van der Waals surface area contributed by atoms with Crippen LogP contribution in [0.15, 0.2) is 0 Å². The van der Waals surface area contributed by atoms with Gasteiger partial charge < -0.3 is 28.4 Å². The maximum Gasteiger partial charge on any atom is 0.510 e. The van der Waals surface area contributed by atoms with E-state index in [1.807, 2.05) is 13.8 Å². The predicted octanol–water partition coefficient (Wildman–Crippen LogP) is 1.81. The Morgan fingerprint density at radius 1 is 0.900 bits per heavy atom. The van der Waals surface area contributed by atoms with E-state index in [9.17, 15) is 9.59 Å². The van der Waals surface area contributed by atoms with Crippen LogP contribution in [0.5, 0.6) is 0 Å². The van der Waals surface area contributed by atoms with Gasteiger partial charge in [-0.25, -0.2) is 9.59 Å². The number of carbonyl (C=O) groups is 2. The van der Waals surface area contributed by atoms with Gasteiger partial charge in [-0.1, -0.05) is 13.8 Å². The highest BCUT2D eigenvalue weighted by molar-refractivity contribution is 5.61. The van der Waals surface area contributed by atoms with Crippen molar-refractivity contribution in [1.82, 2.24) is 0 Å². The molecule has 8 nitrogen and oxygen atoms in total. The molecule has 0 aliphatic carbocycles. The third-order valence-electron chi connectivity index (χ3n) is 2.14. The lowest BCUT2D eigenvalue weighted by atomic mass is 10.5. The zero-order valence-corrected chi connectivity index (χ0v) is 11.7. The van der Waals surface area contributed by atoms with Crippen molar-refractivity contribution >= 4 is 12.3 Å². The van der Waals surface area contributed by atoms with E-state index >= 15 is 0 Å². The number of rotatable bonds is 6. The first-order chi connectivity index (χ1) is 9.67. The molecule has 20 heavy (non-hydrogen) atoms. The van der Waals surface area contributed by atoms with E-state index in [0.29, 0.717) is 12.8 Å². The summed E-state index contributed by atoms with van der Waals surface area (Å²) < 4.78 is 29.6. The van der Waals surface area contributed by atoms with Crippen LogP contribution in [0.3, 0.4) is 0 Å². The SMILES string of the molecule is CCCOC(=O)OC1OCCOC1OC(=O)OCCC. The molecule has 1 heterocycles. The third kappa shape index (κ3) is 6.07. The molecule has 0 spiro atoms. The zero-order valence-electron chi connectivity index (χ0n) is 11.7. The molecule has 0 aromatic rings. The van der Waals surface area contributed by atoms with Crippen LogP contribution < -0.4 is 0 Å². The Morgan fingerprint density at radius 2 is 1.30 bits per heavy atom. The Balaban J connectivity index is 2.41. The number of hydrogen-bond acceptors (Lipinski definition) is 8. The molecule has 0 aromatic heterocycles. The van der Waals surface area contributed by atoms with E-state index in [2.05, 4.69) is 0 Å². The van der Waals surface area contributed by atoms with Crippen LogP contribution in [0.2, 0.25) is 0 Å². The number of ether oxygens (including phenoxy) is 6. The second-order valence-electron chi connectivity index (χ2n) is 3.91. The van der Waals surface area contributed by atoms with Crippen LogP contribution in [0.1, 0.15) is 26.7 Å². The Bertz CT molecular complexity index is 276. The molecule has 1 rings (SSSR count). The molecule has 0 aromatic carbocycles. The quantitative estimate of drug-likeness (QED) is 0.685. The summed E-state index contributed by atoms with van der Waals surface area (Å²) in [5, 5.41) is 0. The fourth-order valence-corrected chi connectivity index (χ4v) is 1.29. The van der Waals surface area contributed by atoms with E-state index in [0.717, 1.165) is 0 Å². The molecular formula is C12H20O8. The van der Waals surface area contributed by atoms with Crippen molar-refractivity contribution in [3.63, 3.8) is 0 Å². The van der Waals surface area contributed by atoms with Gasteiger partial charge in [-0.15, -0.1) is 0 Å². The minimum atomic E-state index is -1.16. The predicted molar refractivity (Wildman–Crippen MR) is 64.9 cm³/mol. The summed E-state index contributed by atoms with van der Waals surface area (Å²) in [5.74, 6) is 0. The minimum Gasteiger partial charge on any atom is -0.434 e. The topological polar surface area (TPSA) is 89.5 Å². The van der Waals surface area contributed by atoms with Crippen molar-refractivity contribution in [3.05, 3.63) is 0 Å². The molecule has 8 heteroatoms. The number of carbonyl (C=O) groups excluding carboxylic acids is 2. The van der Waals surface area contributed by atoms with E-state index in [1.165, 1.54) is 0 Å². The maximum atomic E-state index is 11.3. The van der Waals surface area contributed by atoms with Gasteiger partial charge in [0.2, 0.25) is 0 Å². The summed E-state index contributed by atoms with van der Waals surface area (Å²) in [4.78, 5) is 22.6. The highest BCUT2D eigenvalue weighted by Gasteiger charge is 2.34. The maximum absolute atomic E-state index is 11.3. The van der Waals surface area contributed by atoms with Crippen LogP contribution in [0.25, 0.3) is 0 Å². The largest absolute Gasteiger partial charge is 0.510 e. The molecule has 1 fully saturated rings. The van der Waals surface area contributed by atoms with Gasteiger partial charge in [-0.3, -0.25) is 0 Å². The lowest BCUT2D eigenvalue weighted by Gasteiger charge is -2.29. The molecule has 1 saturated heterocycles. The molecule has 116 valence electrons. The van der Waals surface area contributed by atoms with Gasteiger partial charge >= 0.3 is 12.3 Å². The first-order valence-corrected chi connectivity index (χ1v) is 6.57. The van der Waals surface area contributed by atoms with Crippen molar-refractivity contribution < 1.29 is 38.0 Å². The third-order valence-corrected chi connectivity index (χ3v) is 2.14. The van der Waals surface area contributed by atoms with E-state index in [1.54, 1.807) is 0 Å². The Hall–Kier alpha value is -1.54. The highest BCUT2D eigenvalue weighted by Crippen LogP contribution is 2.15. The molecule has 0 N–H and O–H groups in total. The van der Waals surface area contributed by atoms with Gasteiger partial charge in [-0.05, 0) is 12.8 Å². The molecule has 2 atom stereocenters. The molecule has 0 bridgehead atoms. The van der Waals surface area contributed by atoms with Gasteiger partial charge in [0.05, 0.1) is 26.4 Å². The van der Waals surface area contributed by atoms with Gasteiger partial charge in [0.25, 0.3) is 12.6 Å². The van der Waals surface area contributed by atoms with Crippen LogP contribution in [-0.4, -0.2) is 51.3 Å².